The van der Waals surface area contributed by atoms with Gasteiger partial charge in [-0.1, -0.05) is 55.8 Å². The van der Waals surface area contributed by atoms with Crippen LogP contribution >= 0.6 is 11.6 Å². The molecule has 1 aromatic carbocycles. The molecule has 3 rings (SSSR count). The van der Waals surface area contributed by atoms with E-state index >= 15 is 0 Å². The number of hydrogen-bond acceptors (Lipinski definition) is 5. The maximum atomic E-state index is 13.3. The number of benzene rings is 1. The molecule has 1 saturated heterocycles. The van der Waals surface area contributed by atoms with Gasteiger partial charge < -0.3 is 36.2 Å². The summed E-state index contributed by atoms with van der Waals surface area (Å²) in [5, 5.41) is 25.4. The Labute approximate surface area is 218 Å². The van der Waals surface area contributed by atoms with Crippen LogP contribution < -0.4 is 16.4 Å². The molecule has 3 amide bonds. The predicted molar refractivity (Wildman–Crippen MR) is 139 cm³/mol. The minimum atomic E-state index is -1.10. The van der Waals surface area contributed by atoms with Crippen LogP contribution in [0.2, 0.25) is 5.02 Å². The van der Waals surface area contributed by atoms with Gasteiger partial charge in [0.1, 0.15) is 0 Å². The van der Waals surface area contributed by atoms with Crippen molar-refractivity contribution in [1.29, 1.82) is 0 Å². The molecule has 2 aliphatic rings. The quantitative estimate of drug-likeness (QED) is 0.280. The summed E-state index contributed by atoms with van der Waals surface area (Å²) >= 11 is 6.24. The molecule has 1 heterocycles. The highest BCUT2D eigenvalue weighted by Gasteiger charge is 2.33. The van der Waals surface area contributed by atoms with Crippen LogP contribution in [0.25, 0.3) is 0 Å². The van der Waals surface area contributed by atoms with Crippen molar-refractivity contribution in [3.05, 3.63) is 34.9 Å². The van der Waals surface area contributed by atoms with Crippen molar-refractivity contribution < 1.29 is 24.5 Å². The van der Waals surface area contributed by atoms with Crippen LogP contribution in [0.1, 0.15) is 63.0 Å². The van der Waals surface area contributed by atoms with Crippen LogP contribution in [-0.4, -0.2) is 72.2 Å². The summed E-state index contributed by atoms with van der Waals surface area (Å²) in [5.41, 5.74) is 6.66. The summed E-state index contributed by atoms with van der Waals surface area (Å²) in [6.07, 6.45) is 6.13. The van der Waals surface area contributed by atoms with Crippen molar-refractivity contribution in [2.75, 3.05) is 32.8 Å². The fraction of sp³-hybridized carbons (Fsp3) is 0.692. The highest BCUT2D eigenvalue weighted by atomic mass is 35.5. The summed E-state index contributed by atoms with van der Waals surface area (Å²) in [5.74, 6) is 0.517. The van der Waals surface area contributed by atoms with Crippen LogP contribution in [0.4, 0.5) is 9.59 Å². The molecule has 4 atom stereocenters. The summed E-state index contributed by atoms with van der Waals surface area (Å²) < 4.78 is 6.14. The number of amides is 3. The van der Waals surface area contributed by atoms with E-state index in [1.54, 1.807) is 11.0 Å². The van der Waals surface area contributed by atoms with Crippen LogP contribution in [0, 0.1) is 11.8 Å². The lowest BCUT2D eigenvalue weighted by atomic mass is 9.83. The number of piperidine rings is 1. The van der Waals surface area contributed by atoms with Crippen LogP contribution in [-0.2, 0) is 4.74 Å². The van der Waals surface area contributed by atoms with Gasteiger partial charge in [-0.15, -0.1) is 0 Å². The number of ether oxygens (including phenoxy) is 1. The van der Waals surface area contributed by atoms with Gasteiger partial charge in [-0.3, -0.25) is 0 Å². The number of nitrogens with zero attached hydrogens (tertiary/aromatic N) is 1. The standard InChI is InChI=1S/C26H41ClN4O5/c27-21-10-4-8-19(15-21)24(36-13-11-29-26(34)35)20-9-5-12-31(17-20)25(33)30-22(23(32)16-28)14-18-6-2-1-3-7-18/h4,8,10,15,18,20,22-24,29,32H,1-3,5-7,9,11-14,16-17,28H2,(H,30,33)(H,34,35)/t20-,22+,23-,24+/m1/s1. The molecule has 0 spiro atoms. The maximum Gasteiger partial charge on any atom is 0.404 e. The Morgan fingerprint density at radius 2 is 1.97 bits per heavy atom. The first-order chi connectivity index (χ1) is 17.4. The smallest absolute Gasteiger partial charge is 0.404 e. The van der Waals surface area contributed by atoms with Crippen molar-refractivity contribution in [1.82, 2.24) is 15.5 Å². The molecule has 0 radical (unpaired) electrons. The SMILES string of the molecule is NC[C@@H](O)[C@H](CC1CCCCC1)NC(=O)N1CCC[C@@H]([C@@H](OCCNC(=O)O)c2cccc(Cl)c2)C1. The van der Waals surface area contributed by atoms with E-state index in [0.717, 1.165) is 37.7 Å². The summed E-state index contributed by atoms with van der Waals surface area (Å²) in [7, 11) is 0. The zero-order chi connectivity index (χ0) is 25.9. The van der Waals surface area contributed by atoms with Crippen molar-refractivity contribution in [2.24, 2.45) is 17.6 Å². The lowest BCUT2D eigenvalue weighted by Crippen LogP contribution is -2.54. The van der Waals surface area contributed by atoms with Crippen molar-refractivity contribution >= 4 is 23.7 Å². The Balaban J connectivity index is 1.65. The van der Waals surface area contributed by atoms with E-state index < -0.39 is 12.2 Å². The average Bonchev–Trinajstić information content (AvgIpc) is 2.88. The first-order valence-electron chi connectivity index (χ1n) is 13.1. The predicted octanol–water partition coefficient (Wildman–Crippen LogP) is 3.75. The lowest BCUT2D eigenvalue weighted by Gasteiger charge is -2.38. The summed E-state index contributed by atoms with van der Waals surface area (Å²) in [6.45, 7) is 1.60. The first kappa shape index (κ1) is 28.5. The Hall–Kier alpha value is -2.07. The molecular weight excluding hydrogens is 484 g/mol. The van der Waals surface area contributed by atoms with Crippen LogP contribution in [0.5, 0.6) is 0 Å². The Kier molecular flexibility index (Phi) is 11.6. The highest BCUT2D eigenvalue weighted by Crippen LogP contribution is 2.34. The Morgan fingerprint density at radius 3 is 2.67 bits per heavy atom. The molecule has 0 unspecified atom stereocenters. The first-order valence-corrected chi connectivity index (χ1v) is 13.5. The summed E-state index contributed by atoms with van der Waals surface area (Å²) in [6, 6.07) is 6.90. The third-order valence-electron chi connectivity index (χ3n) is 7.35. The zero-order valence-corrected chi connectivity index (χ0v) is 21.7. The van der Waals surface area contributed by atoms with E-state index in [-0.39, 0.29) is 43.8 Å². The van der Waals surface area contributed by atoms with Gasteiger partial charge in [-0.25, -0.2) is 9.59 Å². The van der Waals surface area contributed by atoms with Gasteiger partial charge >= 0.3 is 12.1 Å². The zero-order valence-electron chi connectivity index (χ0n) is 20.9. The van der Waals surface area contributed by atoms with Crippen LogP contribution in [0.15, 0.2) is 24.3 Å². The molecule has 9 nitrogen and oxygen atoms in total. The number of nitrogens with two attached hydrogens (primary N) is 1. The highest BCUT2D eigenvalue weighted by molar-refractivity contribution is 6.30. The van der Waals surface area contributed by atoms with Crippen molar-refractivity contribution in [3.8, 4) is 0 Å². The normalized spacial score (nSPS) is 21.4. The molecule has 6 N–H and O–H groups in total. The number of nitrogens with one attached hydrogen (secondary N) is 2. The van der Waals surface area contributed by atoms with E-state index in [1.165, 1.54) is 19.3 Å². The fourth-order valence-electron chi connectivity index (χ4n) is 5.48. The fourth-order valence-corrected chi connectivity index (χ4v) is 5.68. The topological polar surface area (TPSA) is 137 Å². The van der Waals surface area contributed by atoms with E-state index in [1.807, 2.05) is 18.2 Å². The molecule has 0 aromatic heterocycles. The number of likely N-dealkylation sites (tertiary alicyclic amines) is 1. The van der Waals surface area contributed by atoms with E-state index in [0.29, 0.717) is 24.0 Å². The molecule has 1 aliphatic heterocycles. The average molecular weight is 525 g/mol. The Morgan fingerprint density at radius 1 is 1.19 bits per heavy atom. The number of hydrogen-bond donors (Lipinski definition) is 5. The number of aliphatic hydroxyl groups excluding tert-OH is 1. The number of carbonyl (C=O) groups is 2. The third kappa shape index (κ3) is 8.80. The van der Waals surface area contributed by atoms with Gasteiger partial charge in [0.25, 0.3) is 0 Å². The second-order valence-corrected chi connectivity index (χ2v) is 10.5. The van der Waals surface area contributed by atoms with Gasteiger partial charge in [-0.2, -0.15) is 0 Å². The monoisotopic (exact) mass is 524 g/mol. The van der Waals surface area contributed by atoms with E-state index in [9.17, 15) is 14.7 Å². The molecule has 1 saturated carbocycles. The second kappa shape index (κ2) is 14.6. The number of carbonyl (C=O) groups excluding carboxylic acids is 1. The molecule has 2 fully saturated rings. The number of urea groups is 1. The summed E-state index contributed by atoms with van der Waals surface area (Å²) in [4.78, 5) is 25.9. The third-order valence-corrected chi connectivity index (χ3v) is 7.59. The minimum absolute atomic E-state index is 0.0176. The maximum absolute atomic E-state index is 13.3. The number of rotatable bonds is 11. The van der Waals surface area contributed by atoms with Gasteiger partial charge in [0, 0.05) is 37.1 Å². The number of aliphatic hydroxyl groups is 1. The molecule has 36 heavy (non-hydrogen) atoms. The van der Waals surface area contributed by atoms with Crippen molar-refractivity contribution in [3.63, 3.8) is 0 Å². The largest absolute Gasteiger partial charge is 0.465 e. The molecule has 1 aromatic rings. The molecule has 202 valence electrons. The Bertz CT molecular complexity index is 838. The van der Waals surface area contributed by atoms with Gasteiger partial charge in [-0.05, 0) is 42.9 Å². The lowest BCUT2D eigenvalue weighted by molar-refractivity contribution is -0.00888. The molecule has 10 heteroatoms. The molecule has 0 bridgehead atoms. The van der Waals surface area contributed by atoms with E-state index in [2.05, 4.69) is 10.6 Å². The second-order valence-electron chi connectivity index (χ2n) is 10.0. The number of carboxylic acid groups (broad SMARTS) is 1. The van der Waals surface area contributed by atoms with Crippen LogP contribution in [0.3, 0.4) is 0 Å². The molecular formula is C26H41ClN4O5. The van der Waals surface area contributed by atoms with Gasteiger partial charge in [0.2, 0.25) is 0 Å². The number of halogens is 1. The van der Waals surface area contributed by atoms with Crippen molar-refractivity contribution in [2.45, 2.75) is 69.6 Å². The van der Waals surface area contributed by atoms with Gasteiger partial charge in [0.05, 0.1) is 24.9 Å². The molecule has 1 aliphatic carbocycles. The van der Waals surface area contributed by atoms with E-state index in [4.69, 9.17) is 27.2 Å². The minimum Gasteiger partial charge on any atom is -0.465 e. The van der Waals surface area contributed by atoms with Gasteiger partial charge in [0.15, 0.2) is 0 Å².